The zero-order valence-electron chi connectivity index (χ0n) is 11.0. The first-order valence-corrected chi connectivity index (χ1v) is 7.18. The van der Waals surface area contributed by atoms with Gasteiger partial charge in [0.05, 0.1) is 0 Å². The van der Waals surface area contributed by atoms with E-state index in [4.69, 9.17) is 5.73 Å². The van der Waals surface area contributed by atoms with E-state index in [-0.39, 0.29) is 11.4 Å². The third-order valence-electron chi connectivity index (χ3n) is 4.57. The van der Waals surface area contributed by atoms with Gasteiger partial charge in [-0.2, -0.15) is 0 Å². The average molecular weight is 266 g/mol. The van der Waals surface area contributed by atoms with Crippen LogP contribution >= 0.6 is 0 Å². The minimum Gasteiger partial charge on any atom is -0.399 e. The Hall–Kier alpha value is -1.32. The quantitative estimate of drug-likeness (QED) is 0.785. The number of benzene rings is 1. The van der Waals surface area contributed by atoms with Gasteiger partial charge in [-0.25, -0.2) is 8.78 Å². The summed E-state index contributed by atoms with van der Waals surface area (Å²) in [7, 11) is 0. The third-order valence-corrected chi connectivity index (χ3v) is 4.57. The molecule has 1 aromatic carbocycles. The molecule has 2 aliphatic rings. The van der Waals surface area contributed by atoms with Gasteiger partial charge in [0.2, 0.25) is 0 Å². The molecule has 2 fully saturated rings. The molecule has 0 radical (unpaired) electrons. The van der Waals surface area contributed by atoms with Crippen LogP contribution in [0.2, 0.25) is 0 Å². The molecule has 0 aromatic heterocycles. The van der Waals surface area contributed by atoms with Gasteiger partial charge in [-0.15, -0.1) is 0 Å². The van der Waals surface area contributed by atoms with Crippen LogP contribution < -0.4 is 10.6 Å². The Morgan fingerprint density at radius 3 is 2.37 bits per heavy atom. The van der Waals surface area contributed by atoms with E-state index in [0.29, 0.717) is 12.0 Å². The predicted molar refractivity (Wildman–Crippen MR) is 73.1 cm³/mol. The Morgan fingerprint density at radius 1 is 1.00 bits per heavy atom. The molecule has 4 heteroatoms. The Labute approximate surface area is 112 Å². The molecule has 1 saturated carbocycles. The lowest BCUT2D eigenvalue weighted by molar-refractivity contribution is 0.241. The fourth-order valence-corrected chi connectivity index (χ4v) is 3.76. The van der Waals surface area contributed by atoms with E-state index in [9.17, 15) is 8.78 Å². The third kappa shape index (κ3) is 2.28. The van der Waals surface area contributed by atoms with Crippen molar-refractivity contribution < 1.29 is 8.78 Å². The monoisotopic (exact) mass is 266 g/mol. The molecule has 1 aliphatic carbocycles. The second-order valence-electron chi connectivity index (χ2n) is 5.78. The molecular weight excluding hydrogens is 246 g/mol. The van der Waals surface area contributed by atoms with E-state index >= 15 is 0 Å². The van der Waals surface area contributed by atoms with Crippen molar-refractivity contribution in [3.63, 3.8) is 0 Å². The minimum absolute atomic E-state index is 0.130. The Balaban J connectivity index is 1.96. The number of fused-ring (bicyclic) bond motifs is 1. The lowest BCUT2D eigenvalue weighted by atomic mass is 9.78. The number of nitrogens with zero attached hydrogens (tertiary/aromatic N) is 1. The molecular formula is C15H20F2N2. The molecule has 0 amide bonds. The van der Waals surface area contributed by atoms with Gasteiger partial charge in [-0.3, -0.25) is 0 Å². The zero-order valence-corrected chi connectivity index (χ0v) is 11.0. The SMILES string of the molecule is Nc1cc(F)c(N2CCC[C@H]3CCCC[C@H]32)c(F)c1. The number of hydrogen-bond acceptors (Lipinski definition) is 2. The van der Waals surface area contributed by atoms with Gasteiger partial charge in [0.15, 0.2) is 11.6 Å². The van der Waals surface area contributed by atoms with Crippen molar-refractivity contribution in [1.29, 1.82) is 0 Å². The van der Waals surface area contributed by atoms with Crippen molar-refractivity contribution in [2.24, 2.45) is 5.92 Å². The summed E-state index contributed by atoms with van der Waals surface area (Å²) >= 11 is 0. The lowest BCUT2D eigenvalue weighted by Gasteiger charge is -2.45. The summed E-state index contributed by atoms with van der Waals surface area (Å²) in [5.74, 6) is -0.453. The van der Waals surface area contributed by atoms with E-state index in [1.807, 2.05) is 4.90 Å². The molecule has 1 heterocycles. The lowest BCUT2D eigenvalue weighted by Crippen LogP contribution is -2.47. The number of anilines is 2. The van der Waals surface area contributed by atoms with Crippen LogP contribution in [-0.2, 0) is 0 Å². The number of piperidine rings is 1. The van der Waals surface area contributed by atoms with Gasteiger partial charge < -0.3 is 10.6 Å². The van der Waals surface area contributed by atoms with Crippen LogP contribution in [0.1, 0.15) is 38.5 Å². The van der Waals surface area contributed by atoms with Crippen LogP contribution in [-0.4, -0.2) is 12.6 Å². The molecule has 19 heavy (non-hydrogen) atoms. The van der Waals surface area contributed by atoms with E-state index in [1.54, 1.807) is 0 Å². The number of nitrogens with two attached hydrogens (primary N) is 1. The van der Waals surface area contributed by atoms with Gasteiger partial charge in [0.1, 0.15) is 5.69 Å². The molecule has 2 atom stereocenters. The van der Waals surface area contributed by atoms with Crippen molar-refractivity contribution >= 4 is 11.4 Å². The summed E-state index contributed by atoms with van der Waals surface area (Å²) in [4.78, 5) is 1.96. The fraction of sp³-hybridized carbons (Fsp3) is 0.600. The molecule has 1 saturated heterocycles. The molecule has 0 bridgehead atoms. The van der Waals surface area contributed by atoms with Gasteiger partial charge in [-0.1, -0.05) is 12.8 Å². The zero-order chi connectivity index (χ0) is 13.4. The Kier molecular flexibility index (Phi) is 3.33. The summed E-state index contributed by atoms with van der Waals surface area (Å²) in [6.07, 6.45) is 6.87. The summed E-state index contributed by atoms with van der Waals surface area (Å²) in [5.41, 5.74) is 5.77. The van der Waals surface area contributed by atoms with Crippen molar-refractivity contribution in [3.05, 3.63) is 23.8 Å². The van der Waals surface area contributed by atoms with Crippen LogP contribution in [0.4, 0.5) is 20.2 Å². The summed E-state index contributed by atoms with van der Waals surface area (Å²) in [6.45, 7) is 0.749. The van der Waals surface area contributed by atoms with Crippen molar-refractivity contribution in [2.75, 3.05) is 17.2 Å². The maximum absolute atomic E-state index is 14.1. The maximum Gasteiger partial charge on any atom is 0.151 e. The predicted octanol–water partition coefficient (Wildman–Crippen LogP) is 3.71. The fourth-order valence-electron chi connectivity index (χ4n) is 3.76. The first-order valence-electron chi connectivity index (χ1n) is 7.18. The van der Waals surface area contributed by atoms with Gasteiger partial charge in [0, 0.05) is 18.3 Å². The van der Waals surface area contributed by atoms with Crippen LogP contribution in [0.15, 0.2) is 12.1 Å². The van der Waals surface area contributed by atoms with Gasteiger partial charge >= 0.3 is 0 Å². The van der Waals surface area contributed by atoms with Crippen LogP contribution in [0, 0.1) is 17.6 Å². The Morgan fingerprint density at radius 2 is 1.63 bits per heavy atom. The molecule has 104 valence electrons. The number of nitrogen functional groups attached to an aromatic ring is 1. The highest BCUT2D eigenvalue weighted by molar-refractivity contribution is 5.56. The van der Waals surface area contributed by atoms with E-state index < -0.39 is 11.6 Å². The highest BCUT2D eigenvalue weighted by Gasteiger charge is 2.35. The van der Waals surface area contributed by atoms with Crippen molar-refractivity contribution in [3.8, 4) is 0 Å². The number of halogens is 2. The van der Waals surface area contributed by atoms with Crippen molar-refractivity contribution in [2.45, 2.75) is 44.6 Å². The highest BCUT2D eigenvalue weighted by Crippen LogP contribution is 2.39. The standard InChI is InChI=1S/C15H20F2N2/c16-12-8-11(18)9-13(17)15(12)19-7-3-5-10-4-1-2-6-14(10)19/h8-10,14H,1-7,18H2/t10-,14-/m1/s1. The van der Waals surface area contributed by atoms with E-state index in [2.05, 4.69) is 0 Å². The summed E-state index contributed by atoms with van der Waals surface area (Å²) in [5, 5.41) is 0. The first kappa shape index (κ1) is 12.7. The van der Waals surface area contributed by atoms with E-state index in [1.165, 1.54) is 31.4 Å². The smallest absolute Gasteiger partial charge is 0.151 e. The molecule has 2 N–H and O–H groups in total. The first-order chi connectivity index (χ1) is 9.16. The van der Waals surface area contributed by atoms with Crippen LogP contribution in [0.3, 0.4) is 0 Å². The second-order valence-corrected chi connectivity index (χ2v) is 5.78. The van der Waals surface area contributed by atoms with Crippen LogP contribution in [0.5, 0.6) is 0 Å². The second kappa shape index (κ2) is 4.99. The maximum atomic E-state index is 14.1. The highest BCUT2D eigenvalue weighted by atomic mass is 19.1. The minimum atomic E-state index is -0.524. The van der Waals surface area contributed by atoms with Crippen molar-refractivity contribution in [1.82, 2.24) is 0 Å². The number of rotatable bonds is 1. The Bertz CT molecular complexity index is 450. The van der Waals surface area contributed by atoms with E-state index in [0.717, 1.165) is 25.8 Å². The number of hydrogen-bond donors (Lipinski definition) is 1. The largest absolute Gasteiger partial charge is 0.399 e. The molecule has 0 spiro atoms. The molecule has 0 unspecified atom stereocenters. The topological polar surface area (TPSA) is 29.3 Å². The summed E-state index contributed by atoms with van der Waals surface area (Å²) < 4.78 is 28.2. The molecule has 3 rings (SSSR count). The molecule has 1 aliphatic heterocycles. The summed E-state index contributed by atoms with van der Waals surface area (Å²) in [6, 6.07) is 2.76. The van der Waals surface area contributed by atoms with Crippen LogP contribution in [0.25, 0.3) is 0 Å². The normalized spacial score (nSPS) is 27.2. The van der Waals surface area contributed by atoms with Gasteiger partial charge in [0.25, 0.3) is 0 Å². The molecule has 2 nitrogen and oxygen atoms in total. The molecule has 1 aromatic rings. The van der Waals surface area contributed by atoms with Gasteiger partial charge in [-0.05, 0) is 43.7 Å². The average Bonchev–Trinajstić information content (AvgIpc) is 2.38.